The fourth-order valence-corrected chi connectivity index (χ4v) is 8.84. The summed E-state index contributed by atoms with van der Waals surface area (Å²) in [4.78, 5) is 13.6. The third kappa shape index (κ3) is 15.8. The van der Waals surface area contributed by atoms with Gasteiger partial charge in [-0.2, -0.15) is 0 Å². The van der Waals surface area contributed by atoms with Crippen molar-refractivity contribution in [1.82, 2.24) is 0 Å². The molecule has 12 nitrogen and oxygen atoms in total. The molecule has 11 atom stereocenters. The molecule has 5 aromatic rings. The van der Waals surface area contributed by atoms with Gasteiger partial charge in [-0.3, -0.25) is 4.79 Å². The Morgan fingerprint density at radius 1 is 0.544 bits per heavy atom. The zero-order valence-electron chi connectivity index (χ0n) is 38.3. The van der Waals surface area contributed by atoms with Crippen LogP contribution in [0, 0.1) is 0 Å². The molecule has 1 N–H and O–H groups in total. The van der Waals surface area contributed by atoms with Crippen LogP contribution in [0.5, 0.6) is 0 Å². The van der Waals surface area contributed by atoms with Crippen molar-refractivity contribution >= 4 is 37.8 Å². The van der Waals surface area contributed by atoms with E-state index in [0.717, 1.165) is 39.6 Å². The van der Waals surface area contributed by atoms with Gasteiger partial charge in [-0.05, 0) is 40.7 Å². The summed E-state index contributed by atoms with van der Waals surface area (Å²) in [6.07, 6.45) is -8.34. The standard InChI is InChI=1S/C54H62Br2O12/c1-38(58)65-52-49(63-35-42-24-13-5-14-25-42)48(62-34-41-22-11-4-12-23-41)46(37-59-32-39-18-7-2-8-19-39)67-54(52)68-50-47(61-33-40-20-9-3-10-21-40)45(31-57)66-53(60-29-17-28-44(56)30-55)51(50)64-36-43-26-15-6-16-27-43/h2-16,18-27,44-54,57H,17,28-37H2,1H3/t44?,45-,46-,47-,48-,49+,50+,51+,52+,53+,54-/m1/s1. The molecule has 364 valence electrons. The van der Waals surface area contributed by atoms with Gasteiger partial charge in [0.25, 0.3) is 0 Å². The van der Waals surface area contributed by atoms with Crippen LogP contribution in [0.4, 0.5) is 0 Å². The first-order valence-electron chi connectivity index (χ1n) is 23.2. The molecule has 5 aromatic carbocycles. The van der Waals surface area contributed by atoms with Crippen LogP contribution in [-0.2, 0) is 85.2 Å². The maximum absolute atomic E-state index is 13.3. The minimum absolute atomic E-state index is 0.0653. The van der Waals surface area contributed by atoms with Crippen molar-refractivity contribution in [2.24, 2.45) is 0 Å². The summed E-state index contributed by atoms with van der Waals surface area (Å²) < 4.78 is 67.1. The molecule has 0 amide bonds. The number of rotatable bonds is 26. The van der Waals surface area contributed by atoms with E-state index in [1.165, 1.54) is 6.92 Å². The first-order chi connectivity index (χ1) is 33.4. The molecule has 0 aliphatic carbocycles. The van der Waals surface area contributed by atoms with E-state index in [4.69, 9.17) is 47.4 Å². The quantitative estimate of drug-likeness (QED) is 0.0322. The van der Waals surface area contributed by atoms with Gasteiger partial charge >= 0.3 is 5.97 Å². The Morgan fingerprint density at radius 2 is 0.971 bits per heavy atom. The monoisotopic (exact) mass is 1060 g/mol. The molecule has 0 aromatic heterocycles. The van der Waals surface area contributed by atoms with E-state index in [0.29, 0.717) is 19.6 Å². The van der Waals surface area contributed by atoms with Gasteiger partial charge in [-0.15, -0.1) is 0 Å². The summed E-state index contributed by atoms with van der Waals surface area (Å²) in [6, 6.07) is 48.9. The van der Waals surface area contributed by atoms with Crippen molar-refractivity contribution in [2.75, 3.05) is 25.2 Å². The van der Waals surface area contributed by atoms with Crippen LogP contribution in [0.1, 0.15) is 47.6 Å². The van der Waals surface area contributed by atoms with E-state index < -0.39 is 74.0 Å². The summed E-state index contributed by atoms with van der Waals surface area (Å²) in [5.74, 6) is -0.579. The maximum Gasteiger partial charge on any atom is 0.303 e. The topological polar surface area (TPSA) is 130 Å². The number of carbonyl (C=O) groups is 1. The second-order valence-electron chi connectivity index (χ2n) is 16.8. The second kappa shape index (κ2) is 28.1. The number of aliphatic hydroxyl groups excluding tert-OH is 1. The molecule has 0 bridgehead atoms. The summed E-state index contributed by atoms with van der Waals surface area (Å²) >= 11 is 7.24. The summed E-state index contributed by atoms with van der Waals surface area (Å²) in [6.45, 7) is 2.31. The van der Waals surface area contributed by atoms with E-state index in [1.807, 2.05) is 152 Å². The minimum Gasteiger partial charge on any atom is -0.454 e. The average Bonchev–Trinajstić information content (AvgIpc) is 3.37. The smallest absolute Gasteiger partial charge is 0.303 e. The third-order valence-corrected chi connectivity index (χ3v) is 14.0. The highest BCUT2D eigenvalue weighted by molar-refractivity contribution is 9.12. The van der Waals surface area contributed by atoms with Gasteiger partial charge in [0.1, 0.15) is 42.7 Å². The molecule has 2 fully saturated rings. The Morgan fingerprint density at radius 3 is 1.43 bits per heavy atom. The number of halogens is 2. The molecule has 2 aliphatic heterocycles. The van der Waals surface area contributed by atoms with Gasteiger partial charge in [0.15, 0.2) is 18.7 Å². The lowest BCUT2D eigenvalue weighted by molar-refractivity contribution is -0.374. The molecule has 2 saturated heterocycles. The number of hydrogen-bond donors (Lipinski definition) is 1. The fourth-order valence-electron chi connectivity index (χ4n) is 8.19. The van der Waals surface area contributed by atoms with Crippen LogP contribution in [-0.4, -0.2) is 102 Å². The largest absolute Gasteiger partial charge is 0.454 e. The lowest BCUT2D eigenvalue weighted by Crippen LogP contribution is -2.66. The number of alkyl halides is 2. The first kappa shape index (κ1) is 52.0. The van der Waals surface area contributed by atoms with Crippen molar-refractivity contribution in [3.05, 3.63) is 179 Å². The van der Waals surface area contributed by atoms with Crippen molar-refractivity contribution < 1.29 is 57.3 Å². The van der Waals surface area contributed by atoms with E-state index in [-0.39, 0.29) is 37.9 Å². The number of hydrogen-bond acceptors (Lipinski definition) is 12. The zero-order chi connectivity index (χ0) is 47.3. The van der Waals surface area contributed by atoms with Crippen LogP contribution in [0.2, 0.25) is 0 Å². The van der Waals surface area contributed by atoms with E-state index in [1.54, 1.807) is 0 Å². The Balaban J connectivity index is 1.27. The molecule has 0 saturated carbocycles. The second-order valence-corrected chi connectivity index (χ2v) is 18.7. The molecule has 0 spiro atoms. The van der Waals surface area contributed by atoms with Crippen LogP contribution in [0.25, 0.3) is 0 Å². The molecule has 2 heterocycles. The first-order valence-corrected chi connectivity index (χ1v) is 25.2. The number of aliphatic hydroxyl groups is 1. The lowest BCUT2D eigenvalue weighted by Gasteiger charge is -2.50. The van der Waals surface area contributed by atoms with Crippen LogP contribution < -0.4 is 0 Å². The van der Waals surface area contributed by atoms with Gasteiger partial charge in [0.05, 0.1) is 46.2 Å². The predicted octanol–water partition coefficient (Wildman–Crippen LogP) is 9.26. The van der Waals surface area contributed by atoms with Crippen LogP contribution in [0.3, 0.4) is 0 Å². The van der Waals surface area contributed by atoms with Crippen molar-refractivity contribution in [2.45, 2.75) is 119 Å². The zero-order valence-corrected chi connectivity index (χ0v) is 41.4. The molecule has 1 unspecified atom stereocenters. The van der Waals surface area contributed by atoms with E-state index in [9.17, 15) is 9.90 Å². The third-order valence-electron chi connectivity index (χ3n) is 11.6. The molecule has 2 aliphatic rings. The molecule has 7 rings (SSSR count). The SMILES string of the molecule is CC(=O)O[C@@H]1[C@@H](O[C@@H]2[C@H](OCc3ccccc3)[C@@H](OCCCC(Br)CBr)O[C@H](CO)[C@H]2OCc2ccccc2)O[C@H](COCc2ccccc2)[C@@H](OCc2ccccc2)[C@@H]1OCc1ccccc1. The van der Waals surface area contributed by atoms with Crippen molar-refractivity contribution in [3.8, 4) is 0 Å². The lowest BCUT2D eigenvalue weighted by atomic mass is 9.95. The Kier molecular flexibility index (Phi) is 21.5. The highest BCUT2D eigenvalue weighted by Gasteiger charge is 2.55. The number of benzene rings is 5. The predicted molar refractivity (Wildman–Crippen MR) is 263 cm³/mol. The summed E-state index contributed by atoms with van der Waals surface area (Å²) in [5, 5.41) is 11.8. The van der Waals surface area contributed by atoms with E-state index in [2.05, 4.69) is 31.9 Å². The van der Waals surface area contributed by atoms with Crippen LogP contribution in [0.15, 0.2) is 152 Å². The molecule has 0 radical (unpaired) electrons. The van der Waals surface area contributed by atoms with Gasteiger partial charge in [0.2, 0.25) is 0 Å². The number of ether oxygens (including phenoxy) is 10. The van der Waals surface area contributed by atoms with Gasteiger partial charge in [-0.25, -0.2) is 0 Å². The summed E-state index contributed by atoms with van der Waals surface area (Å²) in [7, 11) is 0. The molecule has 14 heteroatoms. The highest BCUT2D eigenvalue weighted by atomic mass is 79.9. The van der Waals surface area contributed by atoms with Gasteiger partial charge in [0, 0.05) is 23.7 Å². The Labute approximate surface area is 416 Å². The molecule has 68 heavy (non-hydrogen) atoms. The number of esters is 1. The fraction of sp³-hybridized carbons (Fsp3) is 0.426. The minimum atomic E-state index is -1.30. The van der Waals surface area contributed by atoms with Crippen LogP contribution >= 0.6 is 31.9 Å². The average molecular weight is 1060 g/mol. The van der Waals surface area contributed by atoms with Gasteiger partial charge < -0.3 is 52.5 Å². The highest BCUT2D eigenvalue weighted by Crippen LogP contribution is 2.37. The van der Waals surface area contributed by atoms with Gasteiger partial charge in [-0.1, -0.05) is 184 Å². The summed E-state index contributed by atoms with van der Waals surface area (Å²) in [5.41, 5.74) is 4.61. The number of carbonyl (C=O) groups excluding carboxylic acids is 1. The molecular formula is C54H62Br2O12. The molecular weight excluding hydrogens is 1000 g/mol. The van der Waals surface area contributed by atoms with E-state index >= 15 is 0 Å². The van der Waals surface area contributed by atoms with Crippen molar-refractivity contribution in [1.29, 1.82) is 0 Å². The Hall–Kier alpha value is -3.87. The maximum atomic E-state index is 13.3. The Bertz CT molecular complexity index is 2140. The van der Waals surface area contributed by atoms with Crippen molar-refractivity contribution in [3.63, 3.8) is 0 Å². The normalized spacial score (nSPS) is 25.4.